The monoisotopic (exact) mass is 617 g/mol. The molecule has 5 rings (SSSR count). The van der Waals surface area contributed by atoms with Gasteiger partial charge in [-0.2, -0.15) is 0 Å². The van der Waals surface area contributed by atoms with Crippen LogP contribution in [0.5, 0.6) is 0 Å². The van der Waals surface area contributed by atoms with Gasteiger partial charge in [-0.3, -0.25) is 9.59 Å². The maximum atomic E-state index is 13.8. The molecular formula is C30H48BN5O6S. The zero-order valence-electron chi connectivity index (χ0n) is 26.2. The third kappa shape index (κ3) is 8.16. The van der Waals surface area contributed by atoms with Crippen molar-refractivity contribution in [1.82, 2.24) is 10.7 Å². The van der Waals surface area contributed by atoms with Gasteiger partial charge in [0.25, 0.3) is 5.96 Å². The van der Waals surface area contributed by atoms with Crippen LogP contribution < -0.4 is 16.5 Å². The van der Waals surface area contributed by atoms with E-state index in [0.717, 1.165) is 25.7 Å². The van der Waals surface area contributed by atoms with Gasteiger partial charge in [-0.1, -0.05) is 39.2 Å². The maximum Gasteiger partial charge on any atom is 0.481 e. The molecule has 4 N–H and O–H groups in total. The molecule has 0 unspecified atom stereocenters. The van der Waals surface area contributed by atoms with Crippen molar-refractivity contribution >= 4 is 36.1 Å². The van der Waals surface area contributed by atoms with Crippen LogP contribution in [0.4, 0.5) is 0 Å². The number of hydrazine groups is 1. The van der Waals surface area contributed by atoms with Gasteiger partial charge in [0.05, 0.1) is 17.6 Å². The number of nitrogens with two attached hydrogens (primary N) is 1. The topological polar surface area (TPSA) is 158 Å². The van der Waals surface area contributed by atoms with Crippen LogP contribution in [-0.4, -0.2) is 54.0 Å². The molecule has 2 heterocycles. The van der Waals surface area contributed by atoms with Gasteiger partial charge in [0, 0.05) is 30.2 Å². The highest BCUT2D eigenvalue weighted by atomic mass is 32.1. The van der Waals surface area contributed by atoms with E-state index in [2.05, 4.69) is 51.0 Å². The van der Waals surface area contributed by atoms with Gasteiger partial charge in [0.1, 0.15) is 5.78 Å². The number of ketones is 1. The molecule has 0 radical (unpaired) electrons. The molecule has 3 aliphatic carbocycles. The second kappa shape index (κ2) is 14.1. The van der Waals surface area contributed by atoms with Crippen LogP contribution in [0.1, 0.15) is 90.9 Å². The second-order valence-electron chi connectivity index (χ2n) is 13.7. The number of nitrogens with zero attached hydrogens (tertiary/aromatic N) is 2. The summed E-state index contributed by atoms with van der Waals surface area (Å²) in [5.41, 5.74) is 7.20. The van der Waals surface area contributed by atoms with Gasteiger partial charge in [-0.25, -0.2) is 15.1 Å². The lowest BCUT2D eigenvalue weighted by Crippen LogP contribution is -2.65. The fourth-order valence-electron chi connectivity index (χ4n) is 7.40. The van der Waals surface area contributed by atoms with Crippen molar-refractivity contribution in [2.75, 3.05) is 6.54 Å². The van der Waals surface area contributed by atoms with Crippen LogP contribution in [0.25, 0.3) is 0 Å². The number of guanidine groups is 1. The van der Waals surface area contributed by atoms with Crippen molar-refractivity contribution in [3.05, 3.63) is 32.5 Å². The van der Waals surface area contributed by atoms with E-state index in [1.54, 1.807) is 11.3 Å². The highest BCUT2D eigenvalue weighted by Crippen LogP contribution is 2.65. The van der Waals surface area contributed by atoms with E-state index in [1.807, 2.05) is 16.9 Å². The van der Waals surface area contributed by atoms with Crippen LogP contribution in [0.15, 0.2) is 22.5 Å². The number of nitro groups is 1. The number of hydrogen-bond donors (Lipinski definition) is 3. The van der Waals surface area contributed by atoms with E-state index in [1.165, 1.54) is 4.88 Å². The average molecular weight is 618 g/mol. The number of hydrogen-bond acceptors (Lipinski definition) is 8. The summed E-state index contributed by atoms with van der Waals surface area (Å²) in [7, 11) is -0.545. The number of carbonyl (C=O) groups excluding carboxylic acids is 2. The molecule has 43 heavy (non-hydrogen) atoms. The molecule has 6 atom stereocenters. The van der Waals surface area contributed by atoms with Crippen molar-refractivity contribution in [2.24, 2.45) is 39.8 Å². The molecule has 1 aromatic rings. The maximum absolute atomic E-state index is 13.8. The van der Waals surface area contributed by atoms with Crippen molar-refractivity contribution < 1.29 is 23.9 Å². The summed E-state index contributed by atoms with van der Waals surface area (Å²) in [5.74, 6) is -0.0102. The van der Waals surface area contributed by atoms with Gasteiger partial charge in [0.2, 0.25) is 5.91 Å². The van der Waals surface area contributed by atoms with E-state index >= 15 is 0 Å². The summed E-state index contributed by atoms with van der Waals surface area (Å²) < 4.78 is 13.2. The Hall–Kier alpha value is -2.51. The molecule has 238 valence electrons. The lowest BCUT2D eigenvalue weighted by molar-refractivity contribution is -0.525. The normalized spacial score (nSPS) is 27.3. The summed E-state index contributed by atoms with van der Waals surface area (Å²) in [6.45, 7) is 11.2. The minimum Gasteiger partial charge on any atom is -0.404 e. The quantitative estimate of drug-likeness (QED) is 0.0618. The Morgan fingerprint density at radius 3 is 2.70 bits per heavy atom. The third-order valence-electron chi connectivity index (χ3n) is 9.85. The Bertz CT molecular complexity index is 1160. The molecule has 2 bridgehead atoms. The van der Waals surface area contributed by atoms with E-state index in [4.69, 9.17) is 15.0 Å². The Labute approximate surface area is 259 Å². The first-order valence-electron chi connectivity index (χ1n) is 15.7. The molecule has 13 heteroatoms. The lowest BCUT2D eigenvalue weighted by Gasteiger charge is -2.64. The fourth-order valence-corrected chi connectivity index (χ4v) is 8.15. The van der Waals surface area contributed by atoms with Gasteiger partial charge in [-0.05, 0) is 86.5 Å². The first kappa shape index (κ1) is 33.4. The van der Waals surface area contributed by atoms with Crippen LogP contribution in [0.2, 0.25) is 0 Å². The van der Waals surface area contributed by atoms with Crippen molar-refractivity contribution in [1.29, 1.82) is 0 Å². The summed E-state index contributed by atoms with van der Waals surface area (Å²) >= 11 is 1.68. The van der Waals surface area contributed by atoms with E-state index < -0.39 is 18.1 Å². The summed E-state index contributed by atoms with van der Waals surface area (Å²) in [6.07, 6.45) is 5.77. The molecule has 4 fully saturated rings. The van der Waals surface area contributed by atoms with Crippen LogP contribution >= 0.6 is 11.3 Å². The first-order valence-corrected chi connectivity index (χ1v) is 16.6. The van der Waals surface area contributed by atoms with Gasteiger partial charge >= 0.3 is 7.12 Å². The van der Waals surface area contributed by atoms with Crippen LogP contribution in [0, 0.1) is 39.2 Å². The SMILES string of the molecule is CC(C)C[C@H](NC(=O)[C@H](CCCN=C(N)N[N+](=O)[O-])CC(=O)CCCc1cccs1)B1O[C@@H]2C[C@H]3C[C@H](C3(C)C)[C@]2(C)O1. The fraction of sp³-hybridized carbons (Fsp3) is 0.767. The lowest BCUT2D eigenvalue weighted by atomic mass is 9.43. The van der Waals surface area contributed by atoms with E-state index in [9.17, 15) is 19.7 Å². The highest BCUT2D eigenvalue weighted by Gasteiger charge is 2.68. The standard InChI is InChI=1S/C30H48BN5O6S/c1-19(2)15-26(31-41-25-18-21-17-24(29(21,3)4)30(25,5)42-31)34-27(38)20(9-7-13-33-28(32)35-36(39)40)16-22(37)10-6-11-23-12-8-14-43-23/h8,12,14,19-21,24-26H,6-7,9-11,13,15-18H2,1-5H3,(H,34,38)(H3,32,33,35)/t20-,21-,24-,25-,26+,30+/m1/s1. The largest absolute Gasteiger partial charge is 0.481 e. The first-order chi connectivity index (χ1) is 20.3. The summed E-state index contributed by atoms with van der Waals surface area (Å²) in [6, 6.07) is 4.07. The summed E-state index contributed by atoms with van der Waals surface area (Å²) in [5, 5.41) is 15.1. The molecule has 1 saturated heterocycles. The second-order valence-corrected chi connectivity index (χ2v) is 14.8. The number of nitrogens with one attached hydrogen (secondary N) is 2. The Morgan fingerprint density at radius 1 is 1.28 bits per heavy atom. The van der Waals surface area contributed by atoms with Crippen LogP contribution in [-0.2, 0) is 25.3 Å². The number of amides is 1. The molecule has 11 nitrogen and oxygen atoms in total. The Balaban J connectivity index is 1.40. The van der Waals surface area contributed by atoms with Crippen molar-refractivity contribution in [2.45, 2.75) is 110 Å². The third-order valence-corrected chi connectivity index (χ3v) is 10.8. The van der Waals surface area contributed by atoms with Gasteiger partial charge < -0.3 is 20.4 Å². The average Bonchev–Trinajstić information content (AvgIpc) is 3.56. The van der Waals surface area contributed by atoms with Crippen molar-refractivity contribution in [3.8, 4) is 0 Å². The predicted octanol–water partition coefficient (Wildman–Crippen LogP) is 4.32. The number of Topliss-reactive ketones (excluding diaryl/α,β-unsaturated/α-hetero) is 1. The van der Waals surface area contributed by atoms with E-state index in [-0.39, 0.29) is 53.7 Å². The number of aryl methyl sites for hydroxylation is 1. The predicted molar refractivity (Wildman–Crippen MR) is 168 cm³/mol. The molecule has 3 saturated carbocycles. The molecule has 1 amide bonds. The molecule has 1 aliphatic heterocycles. The zero-order chi connectivity index (χ0) is 31.4. The van der Waals surface area contributed by atoms with Gasteiger partial charge in [0.15, 0.2) is 5.03 Å². The number of aliphatic imine (C=N–C) groups is 1. The smallest absolute Gasteiger partial charge is 0.404 e. The Kier molecular flexibility index (Phi) is 10.9. The highest BCUT2D eigenvalue weighted by molar-refractivity contribution is 7.09. The molecule has 0 spiro atoms. The van der Waals surface area contributed by atoms with Gasteiger partial charge in [-0.15, -0.1) is 11.3 Å². The molecular weight excluding hydrogens is 569 g/mol. The number of thiophene rings is 1. The number of carbonyl (C=O) groups is 2. The van der Waals surface area contributed by atoms with Crippen molar-refractivity contribution in [3.63, 3.8) is 0 Å². The zero-order valence-corrected chi connectivity index (χ0v) is 27.0. The molecule has 0 aromatic carbocycles. The Morgan fingerprint density at radius 2 is 2.05 bits per heavy atom. The molecule has 4 aliphatic rings. The summed E-state index contributed by atoms with van der Waals surface area (Å²) in [4.78, 5) is 42.6. The number of rotatable bonds is 16. The minimum absolute atomic E-state index is 0.0117. The molecule has 1 aromatic heterocycles. The van der Waals surface area contributed by atoms with Crippen LogP contribution in [0.3, 0.4) is 0 Å². The van der Waals surface area contributed by atoms with E-state index in [0.29, 0.717) is 43.4 Å². The minimum atomic E-state index is -0.771.